The van der Waals surface area contributed by atoms with Crippen LogP contribution in [-0.4, -0.2) is 30.1 Å². The molecule has 2 rings (SSSR count). The largest absolute Gasteiger partial charge is 0.497 e. The number of methoxy groups -OCH3 is 1. The van der Waals surface area contributed by atoms with Crippen LogP contribution in [0.25, 0.3) is 0 Å². The topological polar surface area (TPSA) is 75.6 Å². The molecule has 0 heterocycles. The third-order valence-corrected chi connectivity index (χ3v) is 4.00. The normalized spacial score (nSPS) is 17.7. The van der Waals surface area contributed by atoms with E-state index in [2.05, 4.69) is 5.32 Å². The number of carboxylic acids is 1. The number of ether oxygens (including phenoxy) is 1. The van der Waals surface area contributed by atoms with Crippen LogP contribution in [-0.2, 0) is 15.0 Å². The zero-order valence-electron chi connectivity index (χ0n) is 11.7. The van der Waals surface area contributed by atoms with Crippen molar-refractivity contribution in [2.75, 3.05) is 7.11 Å². The standard InChI is InChI=1S/C15H19NO4/c1-10(13(17)18)16-14(19)15(8-3-9-15)11-4-6-12(20-2)7-5-11/h4-7,10H,3,8-9H2,1-2H3,(H,16,19)(H,17,18). The Labute approximate surface area is 117 Å². The van der Waals surface area contributed by atoms with Gasteiger partial charge in [0.15, 0.2) is 0 Å². The van der Waals surface area contributed by atoms with Gasteiger partial charge in [0.05, 0.1) is 12.5 Å². The van der Waals surface area contributed by atoms with E-state index in [4.69, 9.17) is 9.84 Å². The summed E-state index contributed by atoms with van der Waals surface area (Å²) in [6.07, 6.45) is 2.47. The Morgan fingerprint density at radius 1 is 1.30 bits per heavy atom. The Morgan fingerprint density at radius 3 is 2.30 bits per heavy atom. The maximum absolute atomic E-state index is 12.4. The quantitative estimate of drug-likeness (QED) is 0.859. The number of carboxylic acid groups (broad SMARTS) is 1. The zero-order chi connectivity index (χ0) is 14.8. The third-order valence-electron chi connectivity index (χ3n) is 4.00. The lowest BCUT2D eigenvalue weighted by Gasteiger charge is -2.41. The minimum Gasteiger partial charge on any atom is -0.497 e. The number of aliphatic carboxylic acids is 1. The predicted molar refractivity (Wildman–Crippen MR) is 73.8 cm³/mol. The van der Waals surface area contributed by atoms with Crippen LogP contribution in [0.1, 0.15) is 31.7 Å². The van der Waals surface area contributed by atoms with Crippen LogP contribution < -0.4 is 10.1 Å². The highest BCUT2D eigenvalue weighted by atomic mass is 16.5. The third kappa shape index (κ3) is 2.48. The molecule has 108 valence electrons. The second-order valence-electron chi connectivity index (χ2n) is 5.20. The van der Waals surface area contributed by atoms with Crippen molar-refractivity contribution in [2.24, 2.45) is 0 Å². The lowest BCUT2D eigenvalue weighted by Crippen LogP contribution is -2.53. The average molecular weight is 277 g/mol. The van der Waals surface area contributed by atoms with Gasteiger partial charge in [0, 0.05) is 0 Å². The number of amides is 1. The molecule has 1 saturated carbocycles. The van der Waals surface area contributed by atoms with E-state index in [1.54, 1.807) is 7.11 Å². The molecule has 1 fully saturated rings. The Hall–Kier alpha value is -2.04. The Kier molecular flexibility index (Phi) is 3.97. The SMILES string of the molecule is COc1ccc(C2(C(=O)NC(C)C(=O)O)CCC2)cc1. The molecule has 0 radical (unpaired) electrons. The molecule has 0 aliphatic heterocycles. The lowest BCUT2D eigenvalue weighted by molar-refractivity contribution is -0.143. The van der Waals surface area contributed by atoms with Crippen LogP contribution in [0.2, 0.25) is 0 Å². The van der Waals surface area contributed by atoms with Gasteiger partial charge in [-0.15, -0.1) is 0 Å². The van der Waals surface area contributed by atoms with Gasteiger partial charge in [-0.1, -0.05) is 18.6 Å². The molecule has 1 unspecified atom stereocenters. The first-order chi connectivity index (χ1) is 9.49. The number of hydrogen-bond acceptors (Lipinski definition) is 3. The van der Waals surface area contributed by atoms with Crippen LogP contribution in [0.4, 0.5) is 0 Å². The molecular formula is C15H19NO4. The van der Waals surface area contributed by atoms with E-state index >= 15 is 0 Å². The van der Waals surface area contributed by atoms with Crippen molar-refractivity contribution in [1.29, 1.82) is 0 Å². The number of nitrogens with one attached hydrogen (secondary N) is 1. The summed E-state index contributed by atoms with van der Waals surface area (Å²) in [6.45, 7) is 1.47. The number of rotatable bonds is 5. The monoisotopic (exact) mass is 277 g/mol. The van der Waals surface area contributed by atoms with Crippen LogP contribution in [0.15, 0.2) is 24.3 Å². The van der Waals surface area contributed by atoms with Crippen LogP contribution in [0.3, 0.4) is 0 Å². The van der Waals surface area contributed by atoms with Crippen molar-refractivity contribution in [3.8, 4) is 5.75 Å². The highest BCUT2D eigenvalue weighted by Crippen LogP contribution is 2.44. The molecule has 1 aliphatic carbocycles. The molecule has 5 nitrogen and oxygen atoms in total. The molecule has 5 heteroatoms. The summed E-state index contributed by atoms with van der Waals surface area (Å²) in [5.74, 6) is -0.492. The Morgan fingerprint density at radius 2 is 1.90 bits per heavy atom. The Balaban J connectivity index is 2.20. The highest BCUT2D eigenvalue weighted by molar-refractivity contribution is 5.92. The van der Waals surface area contributed by atoms with E-state index in [-0.39, 0.29) is 5.91 Å². The summed E-state index contributed by atoms with van der Waals surface area (Å²) in [7, 11) is 1.59. The zero-order valence-corrected chi connectivity index (χ0v) is 11.7. The first kappa shape index (κ1) is 14.4. The number of hydrogen-bond donors (Lipinski definition) is 2. The van der Waals surface area contributed by atoms with Gasteiger partial charge >= 0.3 is 5.97 Å². The molecule has 0 aromatic heterocycles. The van der Waals surface area contributed by atoms with E-state index in [1.165, 1.54) is 6.92 Å². The van der Waals surface area contributed by atoms with Crippen LogP contribution in [0, 0.1) is 0 Å². The smallest absolute Gasteiger partial charge is 0.325 e. The second-order valence-corrected chi connectivity index (χ2v) is 5.20. The fraction of sp³-hybridized carbons (Fsp3) is 0.467. The van der Waals surface area contributed by atoms with E-state index in [1.807, 2.05) is 24.3 Å². The average Bonchev–Trinajstić information content (AvgIpc) is 2.38. The van der Waals surface area contributed by atoms with Crippen molar-refractivity contribution < 1.29 is 19.4 Å². The highest BCUT2D eigenvalue weighted by Gasteiger charge is 2.46. The first-order valence-corrected chi connectivity index (χ1v) is 6.68. The first-order valence-electron chi connectivity index (χ1n) is 6.68. The number of benzene rings is 1. The molecular weight excluding hydrogens is 258 g/mol. The molecule has 1 aromatic carbocycles. The number of carbonyl (C=O) groups is 2. The summed E-state index contributed by atoms with van der Waals surface area (Å²) >= 11 is 0. The number of carbonyl (C=O) groups excluding carboxylic acids is 1. The van der Waals surface area contributed by atoms with Gasteiger partial charge in [-0.3, -0.25) is 9.59 Å². The molecule has 2 N–H and O–H groups in total. The van der Waals surface area contributed by atoms with Gasteiger partial charge in [-0.2, -0.15) is 0 Å². The van der Waals surface area contributed by atoms with Gasteiger partial charge in [0.2, 0.25) is 5.91 Å². The van der Waals surface area contributed by atoms with Gasteiger partial charge < -0.3 is 15.2 Å². The van der Waals surface area contributed by atoms with Gasteiger partial charge in [0.25, 0.3) is 0 Å². The van der Waals surface area contributed by atoms with Crippen LogP contribution >= 0.6 is 0 Å². The predicted octanol–water partition coefficient (Wildman–Crippen LogP) is 1.71. The summed E-state index contributed by atoms with van der Waals surface area (Å²) in [5, 5.41) is 11.5. The summed E-state index contributed by atoms with van der Waals surface area (Å²) < 4.78 is 5.11. The maximum Gasteiger partial charge on any atom is 0.325 e. The van der Waals surface area contributed by atoms with Crippen molar-refractivity contribution in [3.63, 3.8) is 0 Å². The summed E-state index contributed by atoms with van der Waals surface area (Å²) in [4.78, 5) is 23.3. The van der Waals surface area contributed by atoms with Crippen molar-refractivity contribution in [1.82, 2.24) is 5.32 Å². The van der Waals surface area contributed by atoms with E-state index < -0.39 is 17.4 Å². The molecule has 0 saturated heterocycles. The van der Waals surface area contributed by atoms with E-state index in [9.17, 15) is 9.59 Å². The lowest BCUT2D eigenvalue weighted by atomic mass is 9.63. The van der Waals surface area contributed by atoms with Crippen LogP contribution in [0.5, 0.6) is 5.75 Å². The Bertz CT molecular complexity index is 505. The molecule has 0 spiro atoms. The fourth-order valence-corrected chi connectivity index (χ4v) is 2.48. The maximum atomic E-state index is 12.4. The van der Waals surface area contributed by atoms with Crippen molar-refractivity contribution >= 4 is 11.9 Å². The molecule has 20 heavy (non-hydrogen) atoms. The van der Waals surface area contributed by atoms with Crippen molar-refractivity contribution in [2.45, 2.75) is 37.6 Å². The second kappa shape index (κ2) is 5.53. The fourth-order valence-electron chi connectivity index (χ4n) is 2.48. The molecule has 1 aliphatic rings. The summed E-state index contributed by atoms with van der Waals surface area (Å²) in [6, 6.07) is 6.52. The molecule has 1 atom stereocenters. The van der Waals surface area contributed by atoms with E-state index in [0.29, 0.717) is 0 Å². The summed E-state index contributed by atoms with van der Waals surface area (Å²) in [5.41, 5.74) is 0.329. The molecule has 1 aromatic rings. The minimum absolute atomic E-state index is 0.205. The molecule has 1 amide bonds. The van der Waals surface area contributed by atoms with E-state index in [0.717, 1.165) is 30.6 Å². The van der Waals surface area contributed by atoms with Crippen molar-refractivity contribution in [3.05, 3.63) is 29.8 Å². The van der Waals surface area contributed by atoms with Gasteiger partial charge in [-0.25, -0.2) is 0 Å². The van der Waals surface area contributed by atoms with Gasteiger partial charge in [-0.05, 0) is 37.5 Å². The van der Waals surface area contributed by atoms with Gasteiger partial charge in [0.1, 0.15) is 11.8 Å². The molecule has 0 bridgehead atoms. The minimum atomic E-state index is -1.03.